The largest absolute Gasteiger partial charge is 0.486 e. The lowest BCUT2D eigenvalue weighted by molar-refractivity contribution is -0.383. The van der Waals surface area contributed by atoms with Crippen LogP contribution in [-0.2, 0) is 11.4 Å². The van der Waals surface area contributed by atoms with Crippen molar-refractivity contribution < 1.29 is 14.5 Å². The van der Waals surface area contributed by atoms with Crippen LogP contribution >= 0.6 is 46.4 Å². The molecule has 34 heavy (non-hydrogen) atoms. The summed E-state index contributed by atoms with van der Waals surface area (Å²) in [6, 6.07) is 15.5. The van der Waals surface area contributed by atoms with E-state index in [4.69, 9.17) is 51.1 Å². The summed E-state index contributed by atoms with van der Waals surface area (Å²) < 4.78 is 5.70. The number of hydrogen-bond acceptors (Lipinski definition) is 5. The predicted octanol–water partition coefficient (Wildman–Crippen LogP) is 7.33. The van der Waals surface area contributed by atoms with E-state index in [0.29, 0.717) is 10.6 Å². The van der Waals surface area contributed by atoms with Crippen molar-refractivity contribution in [1.82, 2.24) is 0 Å². The highest BCUT2D eigenvalue weighted by Crippen LogP contribution is 2.35. The molecule has 3 aromatic carbocycles. The first-order valence-corrected chi connectivity index (χ1v) is 10.9. The number of benzene rings is 3. The van der Waals surface area contributed by atoms with E-state index in [9.17, 15) is 20.2 Å². The third-order valence-corrected chi connectivity index (χ3v) is 5.45. The van der Waals surface area contributed by atoms with Crippen molar-refractivity contribution in [2.75, 3.05) is 5.32 Å². The Hall–Kier alpha value is -3.28. The number of rotatable bonds is 7. The number of nitro groups is 1. The van der Waals surface area contributed by atoms with E-state index in [2.05, 4.69) is 5.32 Å². The van der Waals surface area contributed by atoms with Crippen LogP contribution in [0.25, 0.3) is 6.08 Å². The minimum Gasteiger partial charge on any atom is -0.486 e. The average Bonchev–Trinajstić information content (AvgIpc) is 2.79. The fraction of sp³-hybridized carbons (Fsp3) is 0.0435. The highest BCUT2D eigenvalue weighted by atomic mass is 35.5. The zero-order chi connectivity index (χ0) is 24.8. The van der Waals surface area contributed by atoms with Gasteiger partial charge in [0.15, 0.2) is 5.75 Å². The molecule has 11 heteroatoms. The minimum atomic E-state index is -0.858. The minimum absolute atomic E-state index is 0.109. The van der Waals surface area contributed by atoms with Crippen molar-refractivity contribution >= 4 is 69.8 Å². The molecular formula is C23H13Cl4N3O4. The molecule has 0 atom stereocenters. The molecule has 172 valence electrons. The van der Waals surface area contributed by atoms with Gasteiger partial charge in [-0.05, 0) is 53.6 Å². The first kappa shape index (κ1) is 25.3. The molecule has 0 spiro atoms. The number of halogens is 4. The molecule has 3 aromatic rings. The van der Waals surface area contributed by atoms with Crippen molar-refractivity contribution in [3.8, 4) is 11.8 Å². The molecule has 7 nitrogen and oxygen atoms in total. The maximum absolute atomic E-state index is 12.6. The van der Waals surface area contributed by atoms with Gasteiger partial charge >= 0.3 is 0 Å². The van der Waals surface area contributed by atoms with Gasteiger partial charge in [0.2, 0.25) is 0 Å². The van der Waals surface area contributed by atoms with Crippen LogP contribution in [0.5, 0.6) is 5.75 Å². The van der Waals surface area contributed by atoms with Crippen LogP contribution in [0.15, 0.2) is 60.2 Å². The van der Waals surface area contributed by atoms with Crippen LogP contribution in [0, 0.1) is 21.4 Å². The molecule has 3 rings (SSSR count). The molecule has 0 aliphatic rings. The van der Waals surface area contributed by atoms with Gasteiger partial charge in [-0.25, -0.2) is 0 Å². The summed E-state index contributed by atoms with van der Waals surface area (Å²) in [5.41, 5.74) is 0.353. The van der Waals surface area contributed by atoms with Crippen LogP contribution in [0.3, 0.4) is 0 Å². The van der Waals surface area contributed by atoms with Crippen LogP contribution in [0.2, 0.25) is 20.1 Å². The Bertz CT molecular complexity index is 1310. The zero-order valence-electron chi connectivity index (χ0n) is 17.0. The predicted molar refractivity (Wildman–Crippen MR) is 133 cm³/mol. The second-order valence-electron chi connectivity index (χ2n) is 6.77. The normalized spacial score (nSPS) is 11.0. The van der Waals surface area contributed by atoms with Crippen LogP contribution in [0.4, 0.5) is 11.4 Å². The van der Waals surface area contributed by atoms with Gasteiger partial charge in [-0.2, -0.15) is 5.26 Å². The fourth-order valence-corrected chi connectivity index (χ4v) is 3.71. The second-order valence-corrected chi connectivity index (χ2v) is 8.46. The topological polar surface area (TPSA) is 105 Å². The highest BCUT2D eigenvalue weighted by Gasteiger charge is 2.19. The molecule has 0 aliphatic carbocycles. The quantitative estimate of drug-likeness (QED) is 0.147. The maximum Gasteiger partial charge on any atom is 0.294 e. The Labute approximate surface area is 214 Å². The van der Waals surface area contributed by atoms with Gasteiger partial charge in [0.05, 0.1) is 15.0 Å². The standard InChI is InChI=1S/C23H13Cl4N3O4/c24-16-3-1-13(2-4-16)12-34-22-18(26)8-14(9-19(22)27)7-15(11-28)23(31)29-20-6-5-17(25)10-21(20)30(32)33/h1-10H,12H2,(H,29,31)/b15-7-. The number of anilines is 1. The van der Waals surface area contributed by atoms with Gasteiger partial charge < -0.3 is 10.1 Å². The molecule has 0 saturated heterocycles. The Balaban J connectivity index is 1.80. The molecule has 0 unspecified atom stereocenters. The number of carbonyl (C=O) groups excluding carboxylic acids is 1. The molecular weight excluding hydrogens is 524 g/mol. The van der Waals surface area contributed by atoms with Gasteiger partial charge in [-0.1, -0.05) is 58.5 Å². The fourth-order valence-electron chi connectivity index (χ4n) is 2.80. The smallest absolute Gasteiger partial charge is 0.294 e. The average molecular weight is 537 g/mol. The second kappa shape index (κ2) is 11.2. The summed E-state index contributed by atoms with van der Waals surface area (Å²) in [5, 5.41) is 24.1. The van der Waals surface area contributed by atoms with Gasteiger partial charge in [0.1, 0.15) is 23.9 Å². The molecule has 1 amide bonds. The molecule has 0 aromatic heterocycles. The van der Waals surface area contributed by atoms with E-state index in [1.54, 1.807) is 30.3 Å². The van der Waals surface area contributed by atoms with Crippen molar-refractivity contribution in [3.63, 3.8) is 0 Å². The van der Waals surface area contributed by atoms with Crippen LogP contribution < -0.4 is 10.1 Å². The number of nitriles is 1. The van der Waals surface area contributed by atoms with E-state index in [0.717, 1.165) is 11.6 Å². The van der Waals surface area contributed by atoms with Crippen LogP contribution in [0.1, 0.15) is 11.1 Å². The van der Waals surface area contributed by atoms with Crippen molar-refractivity contribution in [2.24, 2.45) is 0 Å². The molecule has 0 heterocycles. The third-order valence-electron chi connectivity index (χ3n) is 4.40. The number of ether oxygens (including phenoxy) is 1. The Morgan fingerprint density at radius 1 is 1.03 bits per heavy atom. The van der Waals surface area contributed by atoms with Gasteiger partial charge in [-0.3, -0.25) is 14.9 Å². The SMILES string of the molecule is N#C/C(=C/c1cc(Cl)c(OCc2ccc(Cl)cc2)c(Cl)c1)C(=O)Nc1ccc(Cl)cc1[N+](=O)[O-]. The van der Waals surface area contributed by atoms with E-state index in [-0.39, 0.29) is 38.7 Å². The van der Waals surface area contributed by atoms with E-state index < -0.39 is 16.5 Å². The Kier molecular flexibility index (Phi) is 8.37. The summed E-state index contributed by atoms with van der Waals surface area (Å²) >= 11 is 24.3. The molecule has 0 bridgehead atoms. The maximum atomic E-state index is 12.6. The number of nitrogens with zero attached hydrogens (tertiary/aromatic N) is 2. The summed E-state index contributed by atoms with van der Waals surface area (Å²) in [6.07, 6.45) is 1.25. The summed E-state index contributed by atoms with van der Waals surface area (Å²) in [5.74, 6) is -0.626. The molecule has 0 aliphatic heterocycles. The van der Waals surface area contributed by atoms with Gasteiger partial charge in [0.25, 0.3) is 11.6 Å². The molecule has 1 N–H and O–H groups in total. The molecule has 0 saturated carbocycles. The van der Waals surface area contributed by atoms with Crippen molar-refractivity contribution in [1.29, 1.82) is 5.26 Å². The number of nitrogens with one attached hydrogen (secondary N) is 1. The first-order valence-electron chi connectivity index (χ1n) is 9.41. The number of hydrogen-bond donors (Lipinski definition) is 1. The van der Waals surface area contributed by atoms with E-state index in [1.807, 2.05) is 0 Å². The lowest BCUT2D eigenvalue weighted by Gasteiger charge is -2.11. The Morgan fingerprint density at radius 3 is 2.24 bits per heavy atom. The molecule has 0 fully saturated rings. The van der Waals surface area contributed by atoms with Gasteiger partial charge in [-0.15, -0.1) is 0 Å². The third kappa shape index (κ3) is 6.40. The van der Waals surface area contributed by atoms with Crippen molar-refractivity contribution in [2.45, 2.75) is 6.61 Å². The lowest BCUT2D eigenvalue weighted by Crippen LogP contribution is -2.14. The lowest BCUT2D eigenvalue weighted by atomic mass is 10.1. The number of amides is 1. The summed E-state index contributed by atoms with van der Waals surface area (Å²) in [7, 11) is 0. The zero-order valence-corrected chi connectivity index (χ0v) is 20.0. The first-order chi connectivity index (χ1) is 16.2. The van der Waals surface area contributed by atoms with E-state index in [1.165, 1.54) is 30.3 Å². The molecule has 0 radical (unpaired) electrons. The monoisotopic (exact) mass is 535 g/mol. The highest BCUT2D eigenvalue weighted by molar-refractivity contribution is 6.37. The summed E-state index contributed by atoms with van der Waals surface area (Å²) in [4.78, 5) is 23.1. The van der Waals surface area contributed by atoms with E-state index >= 15 is 0 Å². The van der Waals surface area contributed by atoms with Crippen LogP contribution in [-0.4, -0.2) is 10.8 Å². The van der Waals surface area contributed by atoms with Gasteiger partial charge in [0, 0.05) is 16.1 Å². The number of carbonyl (C=O) groups is 1. The Morgan fingerprint density at radius 2 is 1.65 bits per heavy atom. The van der Waals surface area contributed by atoms with Crippen molar-refractivity contribution in [3.05, 3.63) is 102 Å². The number of nitro benzene ring substituents is 1. The summed E-state index contributed by atoms with van der Waals surface area (Å²) in [6.45, 7) is 0.192.